The molecule has 3 aromatic rings. The van der Waals surface area contributed by atoms with Crippen molar-refractivity contribution >= 4 is 11.8 Å². The molecule has 6 nitrogen and oxygen atoms in total. The van der Waals surface area contributed by atoms with Crippen LogP contribution in [0.5, 0.6) is 5.75 Å². The van der Waals surface area contributed by atoms with Crippen LogP contribution in [0.4, 0.5) is 0 Å². The van der Waals surface area contributed by atoms with Crippen molar-refractivity contribution in [2.75, 3.05) is 7.11 Å². The van der Waals surface area contributed by atoms with Gasteiger partial charge >= 0.3 is 5.97 Å². The molecule has 160 valence electrons. The van der Waals surface area contributed by atoms with Gasteiger partial charge in [-0.15, -0.1) is 0 Å². The van der Waals surface area contributed by atoms with E-state index in [0.29, 0.717) is 23.6 Å². The van der Waals surface area contributed by atoms with Crippen LogP contribution in [0.3, 0.4) is 0 Å². The summed E-state index contributed by atoms with van der Waals surface area (Å²) in [5.74, 6) is -0.112. The highest BCUT2D eigenvalue weighted by Crippen LogP contribution is 2.25. The quantitative estimate of drug-likeness (QED) is 0.404. The average Bonchev–Trinajstić information content (AvgIpc) is 2.77. The highest BCUT2D eigenvalue weighted by atomic mass is 16.5. The lowest BCUT2D eigenvalue weighted by atomic mass is 9.85. The predicted molar refractivity (Wildman–Crippen MR) is 118 cm³/mol. The van der Waals surface area contributed by atoms with Gasteiger partial charge in [-0.05, 0) is 49.7 Å². The fourth-order valence-electron chi connectivity index (χ4n) is 3.16. The molecular weight excluding hydrogens is 394 g/mol. The summed E-state index contributed by atoms with van der Waals surface area (Å²) in [5.41, 5.74) is 0.968. The average molecular weight is 419 g/mol. The maximum atomic E-state index is 12.5. The normalized spacial score (nSPS) is 11.1. The molecule has 0 saturated carbocycles. The van der Waals surface area contributed by atoms with Crippen LogP contribution in [0.25, 0.3) is 5.69 Å². The number of ether oxygens (including phenoxy) is 2. The monoisotopic (exact) mass is 419 g/mol. The van der Waals surface area contributed by atoms with E-state index < -0.39 is 11.4 Å². The lowest BCUT2D eigenvalue weighted by Gasteiger charge is -2.20. The van der Waals surface area contributed by atoms with Gasteiger partial charge in [-0.3, -0.25) is 19.0 Å². The number of hydrogen-bond donors (Lipinski definition) is 0. The third kappa shape index (κ3) is 5.48. The molecule has 0 spiro atoms. The minimum absolute atomic E-state index is 0.0341. The Morgan fingerprint density at radius 2 is 1.65 bits per heavy atom. The van der Waals surface area contributed by atoms with Crippen LogP contribution >= 0.6 is 0 Å². The topological polar surface area (TPSA) is 74.6 Å². The zero-order valence-corrected chi connectivity index (χ0v) is 17.8. The number of hydrogen-bond acceptors (Lipinski definition) is 5. The van der Waals surface area contributed by atoms with Crippen molar-refractivity contribution in [3.63, 3.8) is 0 Å². The Bertz CT molecular complexity index is 1110. The number of carbonyl (C=O) groups excluding carboxylic acids is 2. The maximum Gasteiger partial charge on any atom is 0.311 e. The Morgan fingerprint density at radius 1 is 0.968 bits per heavy atom. The standard InChI is InChI=1S/C25H25NO5/c1-25(2,24(29)30-3)16-22(27)19-9-11-20(12-10-19)26-14-13-21(15-23(26)28)31-17-18-7-5-4-6-8-18/h4-15H,16-17H2,1-3H3. The fraction of sp³-hybridized carbons (Fsp3) is 0.240. The molecule has 0 bridgehead atoms. The molecule has 0 radical (unpaired) electrons. The van der Waals surface area contributed by atoms with E-state index in [9.17, 15) is 14.4 Å². The molecule has 0 aliphatic carbocycles. The molecule has 0 saturated heterocycles. The Kier molecular flexibility index (Phi) is 6.70. The van der Waals surface area contributed by atoms with Gasteiger partial charge in [0.25, 0.3) is 5.56 Å². The molecule has 0 unspecified atom stereocenters. The van der Waals surface area contributed by atoms with Gasteiger partial charge in [-0.1, -0.05) is 30.3 Å². The van der Waals surface area contributed by atoms with E-state index in [-0.39, 0.29) is 17.8 Å². The van der Waals surface area contributed by atoms with Gasteiger partial charge in [0.15, 0.2) is 5.78 Å². The predicted octanol–water partition coefficient (Wildman–Crippen LogP) is 4.19. The summed E-state index contributed by atoms with van der Waals surface area (Å²) in [6.45, 7) is 3.72. The summed E-state index contributed by atoms with van der Waals surface area (Å²) in [4.78, 5) is 36.9. The number of carbonyl (C=O) groups is 2. The molecule has 0 aliphatic heterocycles. The number of methoxy groups -OCH3 is 1. The summed E-state index contributed by atoms with van der Waals surface area (Å²) in [6, 6.07) is 19.6. The molecule has 31 heavy (non-hydrogen) atoms. The second-order valence-corrected chi connectivity index (χ2v) is 7.87. The number of Topliss-reactive ketones (excluding diaryl/α,β-unsaturated/α-hetero) is 1. The SMILES string of the molecule is COC(=O)C(C)(C)CC(=O)c1ccc(-n2ccc(OCc3ccccc3)cc2=O)cc1. The van der Waals surface area contributed by atoms with Crippen molar-refractivity contribution < 1.29 is 19.1 Å². The van der Waals surface area contributed by atoms with E-state index in [1.165, 1.54) is 17.7 Å². The van der Waals surface area contributed by atoms with Crippen LogP contribution in [0.2, 0.25) is 0 Å². The van der Waals surface area contributed by atoms with Crippen molar-refractivity contribution in [2.45, 2.75) is 26.9 Å². The van der Waals surface area contributed by atoms with Crippen LogP contribution in [-0.2, 0) is 16.1 Å². The molecular formula is C25H25NO5. The van der Waals surface area contributed by atoms with Crippen molar-refractivity contribution in [2.24, 2.45) is 5.41 Å². The second kappa shape index (κ2) is 9.43. The van der Waals surface area contributed by atoms with E-state index >= 15 is 0 Å². The third-order valence-corrected chi connectivity index (χ3v) is 4.95. The Morgan fingerprint density at radius 3 is 2.26 bits per heavy atom. The Hall–Kier alpha value is -3.67. The first kappa shape index (κ1) is 22.0. The smallest absolute Gasteiger partial charge is 0.311 e. The minimum atomic E-state index is -0.906. The van der Waals surface area contributed by atoms with E-state index in [2.05, 4.69) is 0 Å². The van der Waals surface area contributed by atoms with E-state index in [0.717, 1.165) is 5.56 Å². The van der Waals surface area contributed by atoms with Crippen molar-refractivity contribution in [1.29, 1.82) is 0 Å². The molecule has 0 N–H and O–H groups in total. The summed E-state index contributed by atoms with van der Waals surface area (Å²) in [5, 5.41) is 0. The van der Waals surface area contributed by atoms with Crippen molar-refractivity contribution in [3.8, 4) is 11.4 Å². The van der Waals surface area contributed by atoms with Gasteiger partial charge < -0.3 is 9.47 Å². The molecule has 0 fully saturated rings. The number of esters is 1. The zero-order chi connectivity index (χ0) is 22.4. The first-order valence-corrected chi connectivity index (χ1v) is 9.92. The lowest BCUT2D eigenvalue weighted by molar-refractivity contribution is -0.150. The van der Waals surface area contributed by atoms with Crippen molar-refractivity contribution in [3.05, 3.63) is 94.4 Å². The van der Waals surface area contributed by atoms with E-state index in [1.54, 1.807) is 50.4 Å². The van der Waals surface area contributed by atoms with Gasteiger partial charge in [0.05, 0.1) is 12.5 Å². The summed E-state index contributed by atoms with van der Waals surface area (Å²) >= 11 is 0. The summed E-state index contributed by atoms with van der Waals surface area (Å²) in [7, 11) is 1.30. The lowest BCUT2D eigenvalue weighted by Crippen LogP contribution is -2.28. The van der Waals surface area contributed by atoms with Gasteiger partial charge in [-0.2, -0.15) is 0 Å². The number of aromatic nitrogens is 1. The van der Waals surface area contributed by atoms with E-state index in [1.807, 2.05) is 30.3 Å². The van der Waals surface area contributed by atoms with Gasteiger partial charge in [-0.25, -0.2) is 0 Å². The highest BCUT2D eigenvalue weighted by Gasteiger charge is 2.31. The number of pyridine rings is 1. The maximum absolute atomic E-state index is 12.5. The number of ketones is 1. The van der Waals surface area contributed by atoms with Crippen LogP contribution in [0.1, 0.15) is 36.2 Å². The molecule has 0 atom stereocenters. The number of rotatable bonds is 8. The molecule has 6 heteroatoms. The Labute approximate surface area is 181 Å². The summed E-state index contributed by atoms with van der Waals surface area (Å²) < 4.78 is 11.9. The van der Waals surface area contributed by atoms with Gasteiger partial charge in [0.2, 0.25) is 0 Å². The minimum Gasteiger partial charge on any atom is -0.489 e. The van der Waals surface area contributed by atoms with Crippen molar-refractivity contribution in [1.82, 2.24) is 4.57 Å². The van der Waals surface area contributed by atoms with Crippen LogP contribution in [0, 0.1) is 5.41 Å². The first-order valence-electron chi connectivity index (χ1n) is 9.92. The highest BCUT2D eigenvalue weighted by molar-refractivity contribution is 5.99. The molecule has 0 amide bonds. The third-order valence-electron chi connectivity index (χ3n) is 4.95. The molecule has 1 aromatic heterocycles. The first-order chi connectivity index (χ1) is 14.8. The molecule has 0 aliphatic rings. The van der Waals surface area contributed by atoms with Crippen LogP contribution < -0.4 is 10.3 Å². The largest absolute Gasteiger partial charge is 0.489 e. The number of nitrogens with zero attached hydrogens (tertiary/aromatic N) is 1. The van der Waals surface area contributed by atoms with E-state index in [4.69, 9.17) is 9.47 Å². The fourth-order valence-corrected chi connectivity index (χ4v) is 3.16. The van der Waals surface area contributed by atoms with Crippen LogP contribution in [-0.4, -0.2) is 23.4 Å². The number of benzene rings is 2. The van der Waals surface area contributed by atoms with Gasteiger partial charge in [0, 0.05) is 29.9 Å². The van der Waals surface area contributed by atoms with Gasteiger partial charge in [0.1, 0.15) is 12.4 Å². The molecule has 1 heterocycles. The molecule has 3 rings (SSSR count). The zero-order valence-electron chi connectivity index (χ0n) is 17.8. The second-order valence-electron chi connectivity index (χ2n) is 7.87. The van der Waals surface area contributed by atoms with Crippen LogP contribution in [0.15, 0.2) is 77.7 Å². The Balaban J connectivity index is 1.70. The summed E-state index contributed by atoms with van der Waals surface area (Å²) in [6.07, 6.45) is 1.67. The molecule has 2 aromatic carbocycles.